The quantitative estimate of drug-likeness (QED) is 0.554. The average molecular weight is 432 g/mol. The lowest BCUT2D eigenvalue weighted by Gasteiger charge is -2.22. The third kappa shape index (κ3) is 5.09. The fourth-order valence-corrected chi connectivity index (χ4v) is 3.46. The Hall–Kier alpha value is -2.36. The minimum Gasteiger partial charge on any atom is -0.324 e. The van der Waals surface area contributed by atoms with Crippen LogP contribution < -0.4 is 9.62 Å². The van der Waals surface area contributed by atoms with Gasteiger partial charge in [-0.2, -0.15) is 0 Å². The fourth-order valence-electron chi connectivity index (χ4n) is 2.32. The van der Waals surface area contributed by atoms with Gasteiger partial charge in [0.15, 0.2) is 0 Å². The Kier molecular flexibility index (Phi) is 6.30. The van der Waals surface area contributed by atoms with E-state index < -0.39 is 27.4 Å². The van der Waals surface area contributed by atoms with Gasteiger partial charge in [0.05, 0.1) is 38.2 Å². The van der Waals surface area contributed by atoms with E-state index in [9.17, 15) is 23.3 Å². The van der Waals surface area contributed by atoms with Crippen molar-refractivity contribution < 1.29 is 18.1 Å². The van der Waals surface area contributed by atoms with Crippen LogP contribution in [0.5, 0.6) is 0 Å². The number of anilines is 2. The Morgan fingerprint density at radius 1 is 1.22 bits per heavy atom. The fraction of sp³-hybridized carbons (Fsp3) is 0.188. The molecule has 0 fully saturated rings. The lowest BCUT2D eigenvalue weighted by Crippen LogP contribution is -2.37. The number of halogens is 2. The zero-order valence-electron chi connectivity index (χ0n) is 14.3. The van der Waals surface area contributed by atoms with E-state index in [-0.39, 0.29) is 32.7 Å². The van der Waals surface area contributed by atoms with Crippen LogP contribution in [0.15, 0.2) is 36.4 Å². The van der Waals surface area contributed by atoms with Crippen LogP contribution in [0, 0.1) is 17.0 Å². The summed E-state index contributed by atoms with van der Waals surface area (Å²) < 4.78 is 25.1. The maximum Gasteiger partial charge on any atom is 0.274 e. The van der Waals surface area contributed by atoms with E-state index in [0.29, 0.717) is 0 Å². The Morgan fingerprint density at radius 2 is 1.89 bits per heavy atom. The number of hydrogen-bond acceptors (Lipinski definition) is 5. The van der Waals surface area contributed by atoms with Crippen molar-refractivity contribution in [2.45, 2.75) is 6.92 Å². The molecule has 0 radical (unpaired) electrons. The number of benzene rings is 2. The molecule has 27 heavy (non-hydrogen) atoms. The number of carbonyl (C=O) groups is 1. The highest BCUT2D eigenvalue weighted by Gasteiger charge is 2.23. The first-order valence-electron chi connectivity index (χ1n) is 7.47. The highest BCUT2D eigenvalue weighted by Crippen LogP contribution is 2.29. The van der Waals surface area contributed by atoms with E-state index in [1.807, 2.05) is 0 Å². The van der Waals surface area contributed by atoms with Crippen molar-refractivity contribution in [3.63, 3.8) is 0 Å². The lowest BCUT2D eigenvalue weighted by molar-refractivity contribution is -0.385. The van der Waals surface area contributed by atoms with E-state index in [4.69, 9.17) is 23.2 Å². The standard InChI is InChI=1S/C16H15Cl2N3O5S/c1-10-14(4-3-5-15(10)21(23)24)19-16(22)9-20(27(2,25)26)11-6-7-12(17)13(18)8-11/h3-8H,9H2,1-2H3,(H,19,22). The van der Waals surface area contributed by atoms with Gasteiger partial charge in [0.1, 0.15) is 6.54 Å². The number of hydrogen-bond donors (Lipinski definition) is 1. The molecule has 0 aliphatic carbocycles. The van der Waals surface area contributed by atoms with Crippen molar-refractivity contribution in [3.8, 4) is 0 Å². The molecular weight excluding hydrogens is 417 g/mol. The van der Waals surface area contributed by atoms with Crippen LogP contribution in [0.1, 0.15) is 5.56 Å². The molecule has 0 bridgehead atoms. The van der Waals surface area contributed by atoms with Crippen LogP contribution in [0.3, 0.4) is 0 Å². The van der Waals surface area contributed by atoms with Crippen LogP contribution in [0.25, 0.3) is 0 Å². The second-order valence-corrected chi connectivity index (χ2v) is 8.34. The molecule has 1 N–H and O–H groups in total. The Bertz CT molecular complexity index is 1010. The Morgan fingerprint density at radius 3 is 2.44 bits per heavy atom. The highest BCUT2D eigenvalue weighted by atomic mass is 35.5. The minimum absolute atomic E-state index is 0.137. The van der Waals surface area contributed by atoms with E-state index in [1.54, 1.807) is 0 Å². The molecule has 0 heterocycles. The minimum atomic E-state index is -3.80. The molecule has 0 aliphatic rings. The van der Waals surface area contributed by atoms with Gasteiger partial charge < -0.3 is 5.32 Å². The summed E-state index contributed by atoms with van der Waals surface area (Å²) in [6.07, 6.45) is 0.946. The van der Waals surface area contributed by atoms with Crippen molar-refractivity contribution >= 4 is 56.2 Å². The summed E-state index contributed by atoms with van der Waals surface area (Å²) in [6, 6.07) is 8.39. The molecule has 2 aromatic carbocycles. The zero-order valence-corrected chi connectivity index (χ0v) is 16.6. The van der Waals surface area contributed by atoms with E-state index in [1.165, 1.54) is 43.3 Å². The molecule has 0 atom stereocenters. The highest BCUT2D eigenvalue weighted by molar-refractivity contribution is 7.92. The average Bonchev–Trinajstić information content (AvgIpc) is 2.56. The Balaban J connectivity index is 2.29. The van der Waals surface area contributed by atoms with Gasteiger partial charge in [-0.1, -0.05) is 29.3 Å². The van der Waals surface area contributed by atoms with Crippen molar-refractivity contribution in [1.82, 2.24) is 0 Å². The number of carbonyl (C=O) groups excluding carboxylic acids is 1. The van der Waals surface area contributed by atoms with Crippen LogP contribution in [0.4, 0.5) is 17.1 Å². The SMILES string of the molecule is Cc1c(NC(=O)CN(c2ccc(Cl)c(Cl)c2)S(C)(=O)=O)cccc1[N+](=O)[O-]. The molecule has 144 valence electrons. The number of rotatable bonds is 6. The predicted octanol–water partition coefficient (Wildman–Crippen LogP) is 3.61. The molecule has 2 rings (SSSR count). The van der Waals surface area contributed by atoms with Gasteiger partial charge in [-0.3, -0.25) is 19.2 Å². The van der Waals surface area contributed by atoms with Crippen LogP contribution in [-0.2, 0) is 14.8 Å². The molecule has 0 saturated heterocycles. The summed E-state index contributed by atoms with van der Waals surface area (Å²) in [5.41, 5.74) is 0.489. The maximum absolute atomic E-state index is 12.4. The van der Waals surface area contributed by atoms with E-state index >= 15 is 0 Å². The number of sulfonamides is 1. The summed E-state index contributed by atoms with van der Waals surface area (Å²) >= 11 is 11.8. The zero-order chi connectivity index (χ0) is 20.4. The van der Waals surface area contributed by atoms with Crippen LogP contribution in [-0.4, -0.2) is 32.0 Å². The predicted molar refractivity (Wildman–Crippen MR) is 105 cm³/mol. The van der Waals surface area contributed by atoms with Crippen molar-refractivity contribution in [2.24, 2.45) is 0 Å². The molecule has 8 nitrogen and oxygen atoms in total. The van der Waals surface area contributed by atoms with Gasteiger partial charge in [-0.15, -0.1) is 0 Å². The number of nitrogens with one attached hydrogen (secondary N) is 1. The van der Waals surface area contributed by atoms with E-state index in [2.05, 4.69) is 5.32 Å². The number of nitro benzene ring substituents is 1. The van der Waals surface area contributed by atoms with Gasteiger partial charge in [0.2, 0.25) is 15.9 Å². The summed E-state index contributed by atoms with van der Waals surface area (Å²) in [6.45, 7) is 0.944. The molecule has 1 amide bonds. The third-order valence-electron chi connectivity index (χ3n) is 3.65. The molecule has 0 spiro atoms. The second-order valence-electron chi connectivity index (χ2n) is 5.62. The number of amides is 1. The first-order chi connectivity index (χ1) is 12.5. The normalized spacial score (nSPS) is 11.1. The molecule has 2 aromatic rings. The molecular formula is C16H15Cl2N3O5S. The molecule has 0 saturated carbocycles. The molecule has 0 aromatic heterocycles. The molecule has 0 unspecified atom stereocenters. The van der Waals surface area contributed by atoms with Gasteiger partial charge in [0.25, 0.3) is 5.69 Å². The lowest BCUT2D eigenvalue weighted by atomic mass is 10.1. The van der Waals surface area contributed by atoms with Gasteiger partial charge >= 0.3 is 0 Å². The van der Waals surface area contributed by atoms with E-state index in [0.717, 1.165) is 10.6 Å². The van der Waals surface area contributed by atoms with Gasteiger partial charge in [0, 0.05) is 6.07 Å². The monoisotopic (exact) mass is 431 g/mol. The van der Waals surface area contributed by atoms with Gasteiger partial charge in [-0.05, 0) is 31.2 Å². The number of nitrogens with zero attached hydrogens (tertiary/aromatic N) is 2. The summed E-state index contributed by atoms with van der Waals surface area (Å²) in [7, 11) is -3.80. The first kappa shape index (κ1) is 20.9. The summed E-state index contributed by atoms with van der Waals surface area (Å²) in [5.74, 6) is -0.671. The second kappa shape index (κ2) is 8.12. The topological polar surface area (TPSA) is 110 Å². The number of nitro groups is 1. The third-order valence-corrected chi connectivity index (χ3v) is 5.53. The summed E-state index contributed by atoms with van der Waals surface area (Å²) in [5, 5.41) is 13.9. The Labute approximate surface area is 165 Å². The van der Waals surface area contributed by atoms with Crippen LogP contribution >= 0.6 is 23.2 Å². The van der Waals surface area contributed by atoms with Crippen LogP contribution in [0.2, 0.25) is 10.0 Å². The molecule has 0 aliphatic heterocycles. The largest absolute Gasteiger partial charge is 0.324 e. The molecule has 11 heteroatoms. The smallest absolute Gasteiger partial charge is 0.274 e. The first-order valence-corrected chi connectivity index (χ1v) is 10.1. The maximum atomic E-state index is 12.4. The van der Waals surface area contributed by atoms with Crippen molar-refractivity contribution in [2.75, 3.05) is 22.4 Å². The van der Waals surface area contributed by atoms with Crippen molar-refractivity contribution in [1.29, 1.82) is 0 Å². The van der Waals surface area contributed by atoms with Gasteiger partial charge in [-0.25, -0.2) is 8.42 Å². The van der Waals surface area contributed by atoms with Crippen molar-refractivity contribution in [3.05, 3.63) is 62.1 Å². The summed E-state index contributed by atoms with van der Waals surface area (Å²) in [4.78, 5) is 22.8.